The highest BCUT2D eigenvalue weighted by molar-refractivity contribution is 6.05. The summed E-state index contributed by atoms with van der Waals surface area (Å²) >= 11 is 0. The number of allylic oxidation sites excluding steroid dienone is 2. The molecular formula is C63H77N7O7. The van der Waals surface area contributed by atoms with Crippen molar-refractivity contribution in [3.63, 3.8) is 0 Å². The van der Waals surface area contributed by atoms with E-state index in [1.807, 2.05) is 99.8 Å². The molecule has 3 aromatic carbocycles. The second kappa shape index (κ2) is 22.0. The molecule has 1 aromatic heterocycles. The summed E-state index contributed by atoms with van der Waals surface area (Å²) in [5.74, 6) is 0.422. The summed E-state index contributed by atoms with van der Waals surface area (Å²) in [4.78, 5) is 71.3. The van der Waals surface area contributed by atoms with Crippen LogP contribution >= 0.6 is 0 Å². The van der Waals surface area contributed by atoms with E-state index < -0.39 is 24.0 Å². The monoisotopic (exact) mass is 1040 g/mol. The van der Waals surface area contributed by atoms with Crippen LogP contribution in [0, 0.1) is 45.8 Å². The zero-order valence-electron chi connectivity index (χ0n) is 46.7. The standard InChI is InChI=1S/C63H77N7O7/c1-38(2)56(49-29-40-13-11-12-14-48(40)57(49)73)59(75)70-37-45(71)31-51(70)58(74)67-36-44-16-15-41(47-21-22-65-39(47)3)30-53(44)76-28-27-68-23-25-69(26-24-68)55-20-18-43(35-66-55)52(72)33-54-62(7,8)60(63(54,9)10)77-46-19-17-42(34-64)50(32-46)61(4,5)6/h11-20,22,30,32,35,38,45,49,51,54,56,60,71H,21,23-29,31,33,36-37H2,1-10H3,(H,67,74)/t45-,49?,51+,54?,56-,60?/m1/s1. The van der Waals surface area contributed by atoms with Crippen LogP contribution in [-0.2, 0) is 28.0 Å². The van der Waals surface area contributed by atoms with Crippen LogP contribution < -0.4 is 19.7 Å². The number of aliphatic imine (C=N–C) groups is 1. The van der Waals surface area contributed by atoms with Gasteiger partial charge in [-0.15, -0.1) is 0 Å². The molecule has 0 spiro atoms. The summed E-state index contributed by atoms with van der Waals surface area (Å²) < 4.78 is 13.2. The molecule has 1 saturated carbocycles. The molecule has 14 nitrogen and oxygen atoms in total. The Morgan fingerprint density at radius 2 is 1.70 bits per heavy atom. The number of aromatic nitrogens is 1. The number of aliphatic hydroxyl groups is 1. The number of amides is 2. The van der Waals surface area contributed by atoms with Crippen molar-refractivity contribution in [2.45, 2.75) is 125 Å². The first kappa shape index (κ1) is 55.1. The maximum atomic E-state index is 14.4. The van der Waals surface area contributed by atoms with Crippen molar-refractivity contribution in [1.29, 1.82) is 5.26 Å². The Labute approximate surface area is 454 Å². The van der Waals surface area contributed by atoms with E-state index in [1.165, 1.54) is 4.90 Å². The Bertz CT molecular complexity index is 2990. The second-order valence-electron chi connectivity index (χ2n) is 24.6. The lowest BCUT2D eigenvalue weighted by atomic mass is 9.44. The normalized spacial score (nSPS) is 23.2. The number of carbonyl (C=O) groups excluding carboxylic acids is 4. The van der Waals surface area contributed by atoms with Crippen LogP contribution in [0.5, 0.6) is 11.5 Å². The Morgan fingerprint density at radius 1 is 0.961 bits per heavy atom. The lowest BCUT2D eigenvalue weighted by Crippen LogP contribution is -2.66. The molecule has 1 unspecified atom stereocenters. The third-order valence-corrected chi connectivity index (χ3v) is 17.4. The summed E-state index contributed by atoms with van der Waals surface area (Å²) in [6.07, 6.45) is 4.35. The van der Waals surface area contributed by atoms with Crippen LogP contribution in [0.1, 0.15) is 137 Å². The highest BCUT2D eigenvalue weighted by Gasteiger charge is 2.63. The maximum Gasteiger partial charge on any atom is 0.243 e. The number of likely N-dealkylation sites (tertiary alicyclic amines) is 1. The van der Waals surface area contributed by atoms with Crippen molar-refractivity contribution < 1.29 is 33.8 Å². The van der Waals surface area contributed by atoms with Gasteiger partial charge in [0, 0.05) is 117 Å². The fourth-order valence-corrected chi connectivity index (χ4v) is 13.3. The molecule has 2 amide bonds. The van der Waals surface area contributed by atoms with E-state index in [0.717, 1.165) is 77.7 Å². The topological polar surface area (TPSA) is 178 Å². The number of β-amino-alcohol motifs (C(OH)–C–C–N with tert-alkyl or cyclic N) is 1. The fraction of sp³-hybridized carbons (Fsp3) is 0.508. The number of hydrogen-bond donors (Lipinski definition) is 2. The predicted octanol–water partition coefficient (Wildman–Crippen LogP) is 9.27. The Balaban J connectivity index is 0.779. The van der Waals surface area contributed by atoms with Crippen LogP contribution in [0.2, 0.25) is 0 Å². The molecule has 3 fully saturated rings. The summed E-state index contributed by atoms with van der Waals surface area (Å²) in [7, 11) is 0. The third-order valence-electron chi connectivity index (χ3n) is 17.4. The number of fused-ring (bicyclic) bond motifs is 1. The summed E-state index contributed by atoms with van der Waals surface area (Å²) in [6.45, 7) is 25.3. The van der Waals surface area contributed by atoms with Crippen LogP contribution in [0.15, 0.2) is 89.7 Å². The molecule has 2 aliphatic carbocycles. The molecule has 0 radical (unpaired) electrons. The van der Waals surface area contributed by atoms with Gasteiger partial charge in [-0.05, 0) is 89.3 Å². The predicted molar refractivity (Wildman–Crippen MR) is 299 cm³/mol. The van der Waals surface area contributed by atoms with Crippen LogP contribution in [0.3, 0.4) is 0 Å². The highest BCUT2D eigenvalue weighted by atomic mass is 16.5. The quantitative estimate of drug-likeness (QED) is 0.0964. The van der Waals surface area contributed by atoms with Crippen LogP contribution in [0.4, 0.5) is 5.82 Å². The minimum atomic E-state index is -0.878. The zero-order chi connectivity index (χ0) is 55.1. The molecule has 9 rings (SSSR count). The number of piperazine rings is 1. The van der Waals surface area contributed by atoms with Gasteiger partial charge in [0.15, 0.2) is 11.6 Å². The maximum absolute atomic E-state index is 14.4. The average molecular weight is 1040 g/mol. The van der Waals surface area contributed by atoms with Crippen LogP contribution in [0.25, 0.3) is 5.57 Å². The van der Waals surface area contributed by atoms with Crippen molar-refractivity contribution in [2.75, 3.05) is 50.8 Å². The summed E-state index contributed by atoms with van der Waals surface area (Å²) in [6, 6.07) is 24.6. The fourth-order valence-electron chi connectivity index (χ4n) is 13.3. The first-order chi connectivity index (χ1) is 36.6. The summed E-state index contributed by atoms with van der Waals surface area (Å²) in [5.41, 5.74) is 6.93. The van der Waals surface area contributed by atoms with E-state index in [0.29, 0.717) is 48.4 Å². The number of aliphatic hydroxyl groups excluding tert-OH is 1. The molecule has 14 heteroatoms. The minimum absolute atomic E-state index is 0.0323. The van der Waals surface area contributed by atoms with E-state index in [1.54, 1.807) is 6.20 Å². The number of pyridine rings is 1. The van der Waals surface area contributed by atoms with Gasteiger partial charge in [-0.25, -0.2) is 4.98 Å². The zero-order valence-corrected chi connectivity index (χ0v) is 46.7. The van der Waals surface area contributed by atoms with Crippen molar-refractivity contribution in [1.82, 2.24) is 20.1 Å². The third kappa shape index (κ3) is 11.2. The minimum Gasteiger partial charge on any atom is -0.492 e. The van der Waals surface area contributed by atoms with Gasteiger partial charge in [0.05, 0.1) is 23.7 Å². The molecular weight excluding hydrogens is 967 g/mol. The van der Waals surface area contributed by atoms with Crippen molar-refractivity contribution >= 4 is 41.0 Å². The molecule has 0 bridgehead atoms. The molecule has 77 heavy (non-hydrogen) atoms. The number of hydrogen-bond acceptors (Lipinski definition) is 12. The SMILES string of the molecule is CC1=C(c2ccc(CNC(=O)[C@@H]3C[C@@H](O)CN3C(=O)[C@H](C(C)C)C3Cc4ccccc4C3=O)c(OCCN3CCN(c4ccc(C(=O)CC5C(C)(C)C(Oc6ccc(C#N)c(C(C)(C)C)c6)C5(C)C)cn4)CC3)c2)CC=N1. The van der Waals surface area contributed by atoms with Crippen molar-refractivity contribution in [3.05, 3.63) is 124 Å². The van der Waals surface area contributed by atoms with E-state index in [-0.39, 0.29) is 77.1 Å². The van der Waals surface area contributed by atoms with Gasteiger partial charge >= 0.3 is 0 Å². The summed E-state index contributed by atoms with van der Waals surface area (Å²) in [5, 5.41) is 23.7. The number of nitrogens with one attached hydrogen (secondary N) is 1. The van der Waals surface area contributed by atoms with Crippen molar-refractivity contribution in [2.24, 2.45) is 39.5 Å². The number of Topliss-reactive ketones (excluding diaryl/α,β-unsaturated/α-hetero) is 2. The van der Waals surface area contributed by atoms with Gasteiger partial charge in [-0.2, -0.15) is 5.26 Å². The number of nitrogens with zero attached hydrogens (tertiary/aromatic N) is 6. The second-order valence-corrected chi connectivity index (χ2v) is 24.6. The Hall–Kier alpha value is -6.69. The van der Waals surface area contributed by atoms with Crippen LogP contribution in [-0.4, -0.2) is 114 Å². The van der Waals surface area contributed by atoms with E-state index in [9.17, 15) is 29.5 Å². The smallest absolute Gasteiger partial charge is 0.243 e. The average Bonchev–Trinajstić information content (AvgIpc) is 4.12. The molecule has 4 aromatic rings. The number of ether oxygens (including phenoxy) is 2. The van der Waals surface area contributed by atoms with Gasteiger partial charge in [-0.1, -0.05) is 98.7 Å². The van der Waals surface area contributed by atoms with E-state index in [2.05, 4.69) is 74.6 Å². The number of carbonyl (C=O) groups is 4. The van der Waals surface area contributed by atoms with Gasteiger partial charge < -0.3 is 29.7 Å². The lowest BCUT2D eigenvalue weighted by Gasteiger charge is -2.63. The first-order valence-electron chi connectivity index (χ1n) is 27.6. The van der Waals surface area contributed by atoms with E-state index >= 15 is 0 Å². The van der Waals surface area contributed by atoms with Gasteiger partial charge in [-0.3, -0.25) is 29.1 Å². The van der Waals surface area contributed by atoms with Gasteiger partial charge in [0.2, 0.25) is 11.8 Å². The Morgan fingerprint density at radius 3 is 2.35 bits per heavy atom. The molecule has 5 aliphatic rings. The highest BCUT2D eigenvalue weighted by Crippen LogP contribution is 2.62. The van der Waals surface area contributed by atoms with Gasteiger partial charge in [0.1, 0.15) is 36.1 Å². The largest absolute Gasteiger partial charge is 0.492 e. The first-order valence-corrected chi connectivity index (χ1v) is 27.6. The molecule has 2 N–H and O–H groups in total. The lowest BCUT2D eigenvalue weighted by molar-refractivity contribution is -0.196. The number of rotatable bonds is 17. The number of ketones is 2. The van der Waals surface area contributed by atoms with Crippen molar-refractivity contribution in [3.8, 4) is 17.6 Å². The molecule has 2 saturated heterocycles. The molecule has 3 aliphatic heterocycles. The number of anilines is 1. The Kier molecular flexibility index (Phi) is 15.7. The molecule has 4 atom stereocenters. The number of benzene rings is 3. The molecule has 4 heterocycles. The van der Waals surface area contributed by atoms with Gasteiger partial charge in [0.25, 0.3) is 0 Å². The van der Waals surface area contributed by atoms with E-state index in [4.69, 9.17) is 14.5 Å². The number of nitriles is 1. The molecule has 406 valence electrons.